The van der Waals surface area contributed by atoms with Crippen molar-refractivity contribution in [3.05, 3.63) is 11.8 Å². The number of aromatic nitrogens is 2. The lowest BCUT2D eigenvalue weighted by Crippen LogP contribution is -1.94. The molecule has 0 saturated heterocycles. The monoisotopic (exact) mass is 212 g/mol. The normalized spacial score (nSPS) is 10.5. The van der Waals surface area contributed by atoms with Crippen LogP contribution in [0, 0.1) is 6.92 Å². The molecule has 1 aromatic rings. The molecule has 1 heterocycles. The quantitative estimate of drug-likeness (QED) is 0.554. The van der Waals surface area contributed by atoms with Gasteiger partial charge in [-0.15, -0.1) is 11.8 Å². The molecule has 0 unspecified atom stereocenters. The van der Waals surface area contributed by atoms with E-state index in [0.29, 0.717) is 6.42 Å². The van der Waals surface area contributed by atoms with Crippen LogP contribution < -0.4 is 0 Å². The lowest BCUT2D eigenvalue weighted by molar-refractivity contribution is -0.117. The molecule has 0 amide bonds. The molecule has 0 radical (unpaired) electrons. The molecule has 78 valence electrons. The van der Waals surface area contributed by atoms with Gasteiger partial charge in [0.15, 0.2) is 0 Å². The summed E-state index contributed by atoms with van der Waals surface area (Å²) in [6, 6.07) is 2.07. The van der Waals surface area contributed by atoms with Crippen LogP contribution in [0.5, 0.6) is 0 Å². The molecule has 1 aromatic heterocycles. The van der Waals surface area contributed by atoms with E-state index in [4.69, 9.17) is 0 Å². The largest absolute Gasteiger partial charge is 0.300 e. The molecule has 0 fully saturated rings. The maximum absolute atomic E-state index is 10.7. The van der Waals surface area contributed by atoms with E-state index < -0.39 is 0 Å². The van der Waals surface area contributed by atoms with Gasteiger partial charge >= 0.3 is 0 Å². The van der Waals surface area contributed by atoms with Gasteiger partial charge in [0, 0.05) is 13.5 Å². The van der Waals surface area contributed by atoms with E-state index in [0.717, 1.165) is 17.9 Å². The van der Waals surface area contributed by atoms with Crippen molar-refractivity contribution >= 4 is 17.5 Å². The molecule has 0 aliphatic heterocycles. The summed E-state index contributed by atoms with van der Waals surface area (Å²) >= 11 is 1.76. The predicted molar refractivity (Wildman–Crippen MR) is 58.6 cm³/mol. The van der Waals surface area contributed by atoms with Crippen molar-refractivity contribution in [1.29, 1.82) is 0 Å². The van der Waals surface area contributed by atoms with Crippen LogP contribution in [0.4, 0.5) is 0 Å². The Morgan fingerprint density at radius 1 is 1.64 bits per heavy atom. The highest BCUT2D eigenvalue weighted by molar-refractivity contribution is 7.99. The standard InChI is InChI=1S/C10H16N2OS/c1-8-7-10(12(3)11-8)14-6-4-5-9(2)13/h7H,4-6H2,1-3H3. The van der Waals surface area contributed by atoms with Gasteiger partial charge in [-0.05, 0) is 32.1 Å². The second-order valence-corrected chi connectivity index (χ2v) is 4.52. The third-order valence-corrected chi connectivity index (χ3v) is 3.05. The fourth-order valence-corrected chi connectivity index (χ4v) is 2.20. The average Bonchev–Trinajstić information content (AvgIpc) is 2.39. The predicted octanol–water partition coefficient (Wildman–Crippen LogP) is 2.19. The van der Waals surface area contributed by atoms with Crippen LogP contribution in [-0.4, -0.2) is 21.3 Å². The van der Waals surface area contributed by atoms with Crippen molar-refractivity contribution in [1.82, 2.24) is 9.78 Å². The molecule has 0 atom stereocenters. The van der Waals surface area contributed by atoms with Crippen molar-refractivity contribution < 1.29 is 4.79 Å². The van der Waals surface area contributed by atoms with Crippen molar-refractivity contribution in [2.75, 3.05) is 5.75 Å². The maximum atomic E-state index is 10.7. The van der Waals surface area contributed by atoms with Crippen molar-refractivity contribution in [2.24, 2.45) is 7.05 Å². The van der Waals surface area contributed by atoms with Crippen molar-refractivity contribution in [3.8, 4) is 0 Å². The first kappa shape index (κ1) is 11.3. The highest BCUT2D eigenvalue weighted by atomic mass is 32.2. The number of hydrogen-bond acceptors (Lipinski definition) is 3. The lowest BCUT2D eigenvalue weighted by Gasteiger charge is -2.00. The summed E-state index contributed by atoms with van der Waals surface area (Å²) in [5.74, 6) is 1.25. The first-order chi connectivity index (χ1) is 6.59. The van der Waals surface area contributed by atoms with Gasteiger partial charge in [-0.3, -0.25) is 4.68 Å². The average molecular weight is 212 g/mol. The van der Waals surface area contributed by atoms with Crippen LogP contribution in [0.3, 0.4) is 0 Å². The summed E-state index contributed by atoms with van der Waals surface area (Å²) in [4.78, 5) is 10.7. The van der Waals surface area contributed by atoms with Crippen LogP contribution in [0.25, 0.3) is 0 Å². The summed E-state index contributed by atoms with van der Waals surface area (Å²) < 4.78 is 1.88. The molecule has 1 rings (SSSR count). The molecule has 0 bridgehead atoms. The Bertz CT molecular complexity index is 320. The molecule has 0 aromatic carbocycles. The second-order valence-electron chi connectivity index (χ2n) is 3.40. The Hall–Kier alpha value is -0.770. The maximum Gasteiger partial charge on any atom is 0.129 e. The third-order valence-electron chi connectivity index (χ3n) is 1.88. The molecule has 0 saturated carbocycles. The molecular weight excluding hydrogens is 196 g/mol. The van der Waals surface area contributed by atoms with Crippen LogP contribution >= 0.6 is 11.8 Å². The van der Waals surface area contributed by atoms with Gasteiger partial charge < -0.3 is 4.79 Å². The highest BCUT2D eigenvalue weighted by Gasteiger charge is 2.02. The van der Waals surface area contributed by atoms with Gasteiger partial charge in [0.05, 0.1) is 10.7 Å². The second kappa shape index (κ2) is 5.20. The first-order valence-corrected chi connectivity index (χ1v) is 5.71. The number of thioether (sulfide) groups is 1. The van der Waals surface area contributed by atoms with Crippen LogP contribution in [0.1, 0.15) is 25.5 Å². The molecule has 14 heavy (non-hydrogen) atoms. The summed E-state index contributed by atoms with van der Waals surface area (Å²) in [7, 11) is 1.94. The van der Waals surface area contributed by atoms with E-state index >= 15 is 0 Å². The number of carbonyl (C=O) groups is 1. The Morgan fingerprint density at radius 3 is 2.86 bits per heavy atom. The Morgan fingerprint density at radius 2 is 2.36 bits per heavy atom. The number of carbonyl (C=O) groups excluding carboxylic acids is 1. The molecule has 0 aliphatic carbocycles. The van der Waals surface area contributed by atoms with E-state index in [-0.39, 0.29) is 5.78 Å². The molecule has 3 nitrogen and oxygen atoms in total. The zero-order valence-corrected chi connectivity index (χ0v) is 9.73. The SMILES string of the molecule is CC(=O)CCCSc1cc(C)nn1C. The smallest absolute Gasteiger partial charge is 0.129 e. The number of aryl methyl sites for hydroxylation is 2. The topological polar surface area (TPSA) is 34.9 Å². The molecular formula is C10H16N2OS. The van der Waals surface area contributed by atoms with Crippen LogP contribution in [0.15, 0.2) is 11.1 Å². The van der Waals surface area contributed by atoms with Gasteiger partial charge in [-0.25, -0.2) is 0 Å². The molecule has 4 heteroatoms. The van der Waals surface area contributed by atoms with Crippen LogP contribution in [0.2, 0.25) is 0 Å². The van der Waals surface area contributed by atoms with Gasteiger partial charge in [0.1, 0.15) is 5.78 Å². The van der Waals surface area contributed by atoms with Gasteiger partial charge in [-0.1, -0.05) is 0 Å². The Balaban J connectivity index is 2.31. The first-order valence-electron chi connectivity index (χ1n) is 4.72. The van der Waals surface area contributed by atoms with Gasteiger partial charge in [0.2, 0.25) is 0 Å². The van der Waals surface area contributed by atoms with E-state index in [2.05, 4.69) is 11.2 Å². The summed E-state index contributed by atoms with van der Waals surface area (Å²) in [6.45, 7) is 3.62. The van der Waals surface area contributed by atoms with Crippen molar-refractivity contribution in [2.45, 2.75) is 31.7 Å². The van der Waals surface area contributed by atoms with E-state index in [1.807, 2.05) is 18.7 Å². The summed E-state index contributed by atoms with van der Waals surface area (Å²) in [5.41, 5.74) is 1.04. The Labute approximate surface area is 88.9 Å². The lowest BCUT2D eigenvalue weighted by atomic mass is 10.3. The van der Waals surface area contributed by atoms with Crippen LogP contribution in [-0.2, 0) is 11.8 Å². The highest BCUT2D eigenvalue weighted by Crippen LogP contribution is 2.19. The Kier molecular flexibility index (Phi) is 4.20. The minimum Gasteiger partial charge on any atom is -0.300 e. The zero-order chi connectivity index (χ0) is 10.6. The number of ketones is 1. The van der Waals surface area contributed by atoms with E-state index in [1.54, 1.807) is 18.7 Å². The number of rotatable bonds is 5. The molecule has 0 aliphatic rings. The number of nitrogens with zero attached hydrogens (tertiary/aromatic N) is 2. The van der Waals surface area contributed by atoms with Crippen molar-refractivity contribution in [3.63, 3.8) is 0 Å². The summed E-state index contributed by atoms with van der Waals surface area (Å²) in [6.07, 6.45) is 1.63. The molecule has 0 N–H and O–H groups in total. The summed E-state index contributed by atoms with van der Waals surface area (Å²) in [5, 5.41) is 5.43. The van der Waals surface area contributed by atoms with E-state index in [9.17, 15) is 4.79 Å². The third kappa shape index (κ3) is 3.54. The van der Waals surface area contributed by atoms with E-state index in [1.165, 1.54) is 5.03 Å². The number of Topliss-reactive ketones (excluding diaryl/α,β-unsaturated/α-hetero) is 1. The fraction of sp³-hybridized carbons (Fsp3) is 0.600. The van der Waals surface area contributed by atoms with Gasteiger partial charge in [-0.2, -0.15) is 5.10 Å². The molecule has 0 spiro atoms. The fourth-order valence-electron chi connectivity index (χ4n) is 1.22. The number of hydrogen-bond donors (Lipinski definition) is 0. The minimum atomic E-state index is 0.270. The van der Waals surface area contributed by atoms with Gasteiger partial charge in [0.25, 0.3) is 0 Å². The minimum absolute atomic E-state index is 0.270. The zero-order valence-electron chi connectivity index (χ0n) is 8.91.